The highest BCUT2D eigenvalue weighted by Gasteiger charge is 2.42. The molecule has 1 saturated carbocycles. The third kappa shape index (κ3) is 3.15. The van der Waals surface area contributed by atoms with Crippen molar-refractivity contribution < 1.29 is 13.6 Å². The van der Waals surface area contributed by atoms with Crippen molar-refractivity contribution in [1.82, 2.24) is 4.90 Å². The van der Waals surface area contributed by atoms with Crippen LogP contribution in [0.5, 0.6) is 0 Å². The van der Waals surface area contributed by atoms with Crippen molar-refractivity contribution >= 4 is 5.78 Å². The molecule has 1 aromatic rings. The van der Waals surface area contributed by atoms with E-state index in [2.05, 4.69) is 6.92 Å². The fourth-order valence-electron chi connectivity index (χ4n) is 3.24. The average Bonchev–Trinajstić information content (AvgIpc) is 2.44. The van der Waals surface area contributed by atoms with Gasteiger partial charge in [-0.2, -0.15) is 0 Å². The van der Waals surface area contributed by atoms with E-state index in [1.54, 1.807) is 0 Å². The van der Waals surface area contributed by atoms with Crippen LogP contribution in [0, 0.1) is 17.6 Å². The van der Waals surface area contributed by atoms with Gasteiger partial charge in [0.15, 0.2) is 17.4 Å². The van der Waals surface area contributed by atoms with Crippen LogP contribution in [0.25, 0.3) is 0 Å². The Morgan fingerprint density at radius 2 is 1.90 bits per heavy atom. The lowest BCUT2D eigenvalue weighted by molar-refractivity contribution is -0.131. The van der Waals surface area contributed by atoms with E-state index in [9.17, 15) is 13.6 Å². The molecule has 0 amide bonds. The lowest BCUT2D eigenvalue weighted by atomic mass is 9.72. The number of carbonyl (C=O) groups excluding carboxylic acids is 1. The van der Waals surface area contributed by atoms with Gasteiger partial charge < -0.3 is 0 Å². The Morgan fingerprint density at radius 3 is 2.48 bits per heavy atom. The first-order valence-electron chi connectivity index (χ1n) is 7.50. The van der Waals surface area contributed by atoms with Gasteiger partial charge >= 0.3 is 0 Å². The molecule has 1 aliphatic rings. The molecule has 0 aromatic heterocycles. The van der Waals surface area contributed by atoms with Crippen LogP contribution in [-0.4, -0.2) is 30.3 Å². The maximum atomic E-state index is 13.8. The molecule has 4 heteroatoms. The maximum Gasteiger partial charge on any atom is 0.162 e. The summed E-state index contributed by atoms with van der Waals surface area (Å²) in [4.78, 5) is 14.7. The number of carbonyl (C=O) groups is 1. The standard InChI is InChI=1S/C17H23F2NO/c1-12-7-9-17(10-8-12,20(2)3)15(21)11-13-5-4-6-14(18)16(13)19/h4-6,12H,7-11H2,1-3H3. The summed E-state index contributed by atoms with van der Waals surface area (Å²) in [5.41, 5.74) is -0.384. The smallest absolute Gasteiger partial charge is 0.162 e. The minimum absolute atomic E-state index is 0.0103. The minimum Gasteiger partial charge on any atom is -0.297 e. The number of benzene rings is 1. The highest BCUT2D eigenvalue weighted by atomic mass is 19.2. The summed E-state index contributed by atoms with van der Waals surface area (Å²) in [7, 11) is 3.80. The zero-order chi connectivity index (χ0) is 15.6. The molecule has 0 spiro atoms. The van der Waals surface area contributed by atoms with E-state index in [1.165, 1.54) is 12.1 Å². The highest BCUT2D eigenvalue weighted by Crippen LogP contribution is 2.36. The first-order chi connectivity index (χ1) is 9.86. The fraction of sp³-hybridized carbons (Fsp3) is 0.588. The van der Waals surface area contributed by atoms with E-state index in [1.807, 2.05) is 19.0 Å². The van der Waals surface area contributed by atoms with Gasteiger partial charge in [0.1, 0.15) is 0 Å². The summed E-state index contributed by atoms with van der Waals surface area (Å²) < 4.78 is 27.1. The topological polar surface area (TPSA) is 20.3 Å². The van der Waals surface area contributed by atoms with Gasteiger partial charge in [0, 0.05) is 6.42 Å². The first kappa shape index (κ1) is 16.1. The molecule has 2 nitrogen and oxygen atoms in total. The molecule has 0 aliphatic heterocycles. The largest absolute Gasteiger partial charge is 0.297 e. The number of hydrogen-bond donors (Lipinski definition) is 0. The molecular formula is C17H23F2NO. The van der Waals surface area contributed by atoms with Crippen LogP contribution in [0.2, 0.25) is 0 Å². The number of likely N-dealkylation sites (N-methyl/N-ethyl adjacent to an activating group) is 1. The van der Waals surface area contributed by atoms with Crippen LogP contribution < -0.4 is 0 Å². The third-order valence-corrected chi connectivity index (χ3v) is 4.86. The zero-order valence-electron chi connectivity index (χ0n) is 13.0. The van der Waals surface area contributed by atoms with E-state index in [-0.39, 0.29) is 17.8 Å². The second-order valence-corrected chi connectivity index (χ2v) is 6.42. The number of hydrogen-bond acceptors (Lipinski definition) is 2. The molecule has 1 aromatic carbocycles. The lowest BCUT2D eigenvalue weighted by Crippen LogP contribution is -2.53. The number of halogens is 2. The Morgan fingerprint density at radius 1 is 1.29 bits per heavy atom. The highest BCUT2D eigenvalue weighted by molar-refractivity contribution is 5.90. The van der Waals surface area contributed by atoms with Crippen LogP contribution in [0.1, 0.15) is 38.2 Å². The number of rotatable bonds is 4. The average molecular weight is 295 g/mol. The quantitative estimate of drug-likeness (QED) is 0.846. The summed E-state index contributed by atoms with van der Waals surface area (Å²) in [6.07, 6.45) is 3.52. The number of nitrogens with zero attached hydrogens (tertiary/aromatic N) is 1. The molecule has 1 fully saturated rings. The number of ketones is 1. The molecule has 116 valence electrons. The predicted octanol–water partition coefficient (Wildman–Crippen LogP) is 3.59. The molecule has 0 unspecified atom stereocenters. The summed E-state index contributed by atoms with van der Waals surface area (Å²) in [6.45, 7) is 2.19. The first-order valence-corrected chi connectivity index (χ1v) is 7.50. The summed E-state index contributed by atoms with van der Waals surface area (Å²) >= 11 is 0. The molecular weight excluding hydrogens is 272 g/mol. The molecule has 0 atom stereocenters. The van der Waals surface area contributed by atoms with Crippen LogP contribution in [0.4, 0.5) is 8.78 Å². The molecule has 0 heterocycles. The molecule has 0 radical (unpaired) electrons. The molecule has 0 N–H and O–H groups in total. The number of Topliss-reactive ketones (excluding diaryl/α,β-unsaturated/α-hetero) is 1. The van der Waals surface area contributed by atoms with Crippen molar-refractivity contribution in [2.75, 3.05) is 14.1 Å². The van der Waals surface area contributed by atoms with Gasteiger partial charge in [-0.1, -0.05) is 19.1 Å². The van der Waals surface area contributed by atoms with Crippen LogP contribution >= 0.6 is 0 Å². The lowest BCUT2D eigenvalue weighted by Gasteiger charge is -2.43. The van der Waals surface area contributed by atoms with Gasteiger partial charge in [-0.3, -0.25) is 9.69 Å². The van der Waals surface area contributed by atoms with Crippen molar-refractivity contribution in [2.45, 2.75) is 44.6 Å². The predicted molar refractivity (Wildman–Crippen MR) is 79.1 cm³/mol. The molecule has 0 saturated heterocycles. The van der Waals surface area contributed by atoms with Gasteiger partial charge in [-0.05, 0) is 57.3 Å². The van der Waals surface area contributed by atoms with Gasteiger partial charge in [-0.15, -0.1) is 0 Å². The Bertz CT molecular complexity index is 520. The van der Waals surface area contributed by atoms with E-state index in [0.717, 1.165) is 31.7 Å². The SMILES string of the molecule is CC1CCC(C(=O)Cc2cccc(F)c2F)(N(C)C)CC1. The van der Waals surface area contributed by atoms with Crippen LogP contribution in [0.3, 0.4) is 0 Å². The van der Waals surface area contributed by atoms with Crippen molar-refractivity contribution in [1.29, 1.82) is 0 Å². The monoisotopic (exact) mass is 295 g/mol. The van der Waals surface area contributed by atoms with Gasteiger partial charge in [0.25, 0.3) is 0 Å². The molecule has 21 heavy (non-hydrogen) atoms. The Hall–Kier alpha value is -1.29. The molecule has 2 rings (SSSR count). The van der Waals surface area contributed by atoms with Crippen LogP contribution in [-0.2, 0) is 11.2 Å². The normalized spacial score (nSPS) is 26.1. The maximum absolute atomic E-state index is 13.8. The Balaban J connectivity index is 2.22. The van der Waals surface area contributed by atoms with Crippen molar-refractivity contribution in [3.8, 4) is 0 Å². The second-order valence-electron chi connectivity index (χ2n) is 6.42. The minimum atomic E-state index is -0.899. The van der Waals surface area contributed by atoms with E-state index < -0.39 is 17.2 Å². The van der Waals surface area contributed by atoms with Gasteiger partial charge in [-0.25, -0.2) is 8.78 Å². The third-order valence-electron chi connectivity index (χ3n) is 4.86. The second kappa shape index (κ2) is 6.22. The summed E-state index contributed by atoms with van der Waals surface area (Å²) in [5.74, 6) is -1.18. The van der Waals surface area contributed by atoms with Crippen LogP contribution in [0.15, 0.2) is 18.2 Å². The summed E-state index contributed by atoms with van der Waals surface area (Å²) in [5, 5.41) is 0. The van der Waals surface area contributed by atoms with E-state index >= 15 is 0 Å². The Labute approximate surface area is 125 Å². The fourth-order valence-corrected chi connectivity index (χ4v) is 3.24. The summed E-state index contributed by atoms with van der Waals surface area (Å²) in [6, 6.07) is 4.02. The van der Waals surface area contributed by atoms with E-state index in [4.69, 9.17) is 0 Å². The molecule has 0 bridgehead atoms. The Kier molecular flexibility index (Phi) is 4.77. The van der Waals surface area contributed by atoms with Gasteiger partial charge in [0.2, 0.25) is 0 Å². The van der Waals surface area contributed by atoms with Gasteiger partial charge in [0.05, 0.1) is 5.54 Å². The van der Waals surface area contributed by atoms with Crippen molar-refractivity contribution in [3.05, 3.63) is 35.4 Å². The van der Waals surface area contributed by atoms with Crippen molar-refractivity contribution in [3.63, 3.8) is 0 Å². The van der Waals surface area contributed by atoms with E-state index in [0.29, 0.717) is 5.92 Å². The zero-order valence-corrected chi connectivity index (χ0v) is 13.0. The van der Waals surface area contributed by atoms with Crippen molar-refractivity contribution in [2.24, 2.45) is 5.92 Å². The molecule has 1 aliphatic carbocycles.